The molecule has 1 fully saturated rings. The largest absolute Gasteiger partial charge is 0.416 e. The van der Waals surface area contributed by atoms with Crippen molar-refractivity contribution in [1.29, 1.82) is 0 Å². The first-order valence-corrected chi connectivity index (χ1v) is 6.25. The molecular formula is C13H16F3N3O. The number of hydrogen-bond donors (Lipinski definition) is 1. The second-order valence-corrected chi connectivity index (χ2v) is 4.47. The van der Waals surface area contributed by atoms with E-state index in [4.69, 9.17) is 10.5 Å². The number of aliphatic imine (C=N–C) groups is 1. The van der Waals surface area contributed by atoms with Crippen LogP contribution in [0.5, 0.6) is 0 Å². The number of alkyl halides is 3. The highest BCUT2D eigenvalue weighted by Crippen LogP contribution is 2.29. The van der Waals surface area contributed by atoms with Crippen LogP contribution >= 0.6 is 0 Å². The van der Waals surface area contributed by atoms with Gasteiger partial charge >= 0.3 is 6.18 Å². The van der Waals surface area contributed by atoms with E-state index in [1.807, 2.05) is 4.90 Å². The molecule has 0 atom stereocenters. The SMILES string of the molecule is NC(=NCc1cccc(C(F)(F)F)c1)N1CCOCC1. The second kappa shape index (κ2) is 6.13. The number of nitrogens with two attached hydrogens (primary N) is 1. The van der Waals surface area contributed by atoms with E-state index in [0.717, 1.165) is 12.1 Å². The predicted octanol–water partition coefficient (Wildman–Crippen LogP) is 1.85. The molecule has 0 aliphatic carbocycles. The summed E-state index contributed by atoms with van der Waals surface area (Å²) in [6.07, 6.45) is -4.34. The Morgan fingerprint density at radius 1 is 1.30 bits per heavy atom. The van der Waals surface area contributed by atoms with Crippen LogP contribution in [0.4, 0.5) is 13.2 Å². The van der Waals surface area contributed by atoms with Crippen molar-refractivity contribution in [3.05, 3.63) is 35.4 Å². The van der Waals surface area contributed by atoms with Crippen molar-refractivity contribution >= 4 is 5.96 Å². The summed E-state index contributed by atoms with van der Waals surface area (Å²) in [5, 5.41) is 0. The van der Waals surface area contributed by atoms with Gasteiger partial charge in [-0.25, -0.2) is 4.99 Å². The Bertz CT molecular complexity index is 482. The number of halogens is 3. The Hall–Kier alpha value is -1.76. The van der Waals surface area contributed by atoms with Crippen molar-refractivity contribution < 1.29 is 17.9 Å². The summed E-state index contributed by atoms with van der Waals surface area (Å²) in [5.74, 6) is 0.339. The monoisotopic (exact) mass is 287 g/mol. The molecule has 0 unspecified atom stereocenters. The quantitative estimate of drug-likeness (QED) is 0.667. The van der Waals surface area contributed by atoms with Crippen molar-refractivity contribution in [2.75, 3.05) is 26.3 Å². The summed E-state index contributed by atoms with van der Waals surface area (Å²) in [6.45, 7) is 2.60. The van der Waals surface area contributed by atoms with Gasteiger partial charge in [0.05, 0.1) is 25.3 Å². The zero-order chi connectivity index (χ0) is 14.6. The lowest BCUT2D eigenvalue weighted by Gasteiger charge is -2.27. The molecule has 1 saturated heterocycles. The predicted molar refractivity (Wildman–Crippen MR) is 69.2 cm³/mol. The van der Waals surface area contributed by atoms with Gasteiger partial charge in [0.15, 0.2) is 5.96 Å². The highest BCUT2D eigenvalue weighted by molar-refractivity contribution is 5.78. The third-order valence-electron chi connectivity index (χ3n) is 3.01. The van der Waals surface area contributed by atoms with Gasteiger partial charge in [-0.05, 0) is 17.7 Å². The topological polar surface area (TPSA) is 50.8 Å². The molecule has 2 N–H and O–H groups in total. The smallest absolute Gasteiger partial charge is 0.378 e. The molecule has 2 rings (SSSR count). The molecule has 20 heavy (non-hydrogen) atoms. The first-order chi connectivity index (χ1) is 9.47. The van der Waals surface area contributed by atoms with E-state index in [-0.39, 0.29) is 6.54 Å². The maximum absolute atomic E-state index is 12.6. The first kappa shape index (κ1) is 14.6. The summed E-state index contributed by atoms with van der Waals surface area (Å²) in [7, 11) is 0. The molecule has 7 heteroatoms. The van der Waals surface area contributed by atoms with E-state index in [1.165, 1.54) is 6.07 Å². The second-order valence-electron chi connectivity index (χ2n) is 4.47. The number of benzene rings is 1. The molecule has 0 saturated carbocycles. The Morgan fingerprint density at radius 2 is 2.00 bits per heavy atom. The van der Waals surface area contributed by atoms with E-state index < -0.39 is 11.7 Å². The molecule has 1 aliphatic rings. The first-order valence-electron chi connectivity index (χ1n) is 6.25. The maximum Gasteiger partial charge on any atom is 0.416 e. The lowest BCUT2D eigenvalue weighted by Crippen LogP contribution is -2.44. The van der Waals surface area contributed by atoms with Crippen molar-refractivity contribution in [1.82, 2.24) is 4.90 Å². The summed E-state index contributed by atoms with van der Waals surface area (Å²) >= 11 is 0. The molecule has 1 aliphatic heterocycles. The van der Waals surface area contributed by atoms with Crippen LogP contribution in [-0.4, -0.2) is 37.2 Å². The van der Waals surface area contributed by atoms with Gasteiger partial charge in [0, 0.05) is 13.1 Å². The summed E-state index contributed by atoms with van der Waals surface area (Å²) < 4.78 is 42.9. The van der Waals surface area contributed by atoms with E-state index in [2.05, 4.69) is 4.99 Å². The van der Waals surface area contributed by atoms with Crippen LogP contribution in [0.25, 0.3) is 0 Å². The molecule has 0 bridgehead atoms. The molecule has 110 valence electrons. The number of hydrogen-bond acceptors (Lipinski definition) is 2. The Labute approximate surface area is 115 Å². The van der Waals surface area contributed by atoms with Gasteiger partial charge in [0.25, 0.3) is 0 Å². The van der Waals surface area contributed by atoms with E-state index in [1.54, 1.807) is 6.07 Å². The van der Waals surface area contributed by atoms with E-state index in [9.17, 15) is 13.2 Å². The highest BCUT2D eigenvalue weighted by atomic mass is 19.4. The van der Waals surface area contributed by atoms with Gasteiger partial charge in [-0.3, -0.25) is 0 Å². The van der Waals surface area contributed by atoms with Crippen LogP contribution in [0.2, 0.25) is 0 Å². The van der Waals surface area contributed by atoms with E-state index in [0.29, 0.717) is 37.8 Å². The summed E-state index contributed by atoms with van der Waals surface area (Å²) in [4.78, 5) is 6.00. The molecule has 0 aromatic heterocycles. The molecule has 0 radical (unpaired) electrons. The lowest BCUT2D eigenvalue weighted by atomic mass is 10.1. The molecular weight excluding hydrogens is 271 g/mol. The summed E-state index contributed by atoms with van der Waals surface area (Å²) in [5.41, 5.74) is 5.63. The van der Waals surface area contributed by atoms with Crippen LogP contribution in [-0.2, 0) is 17.5 Å². The molecule has 4 nitrogen and oxygen atoms in total. The maximum atomic E-state index is 12.6. The van der Waals surface area contributed by atoms with Crippen molar-refractivity contribution in [3.8, 4) is 0 Å². The van der Waals surface area contributed by atoms with Crippen LogP contribution in [0.3, 0.4) is 0 Å². The molecule has 1 aromatic rings. The summed E-state index contributed by atoms with van der Waals surface area (Å²) in [6, 6.07) is 5.11. The molecule has 1 heterocycles. The molecule has 0 amide bonds. The van der Waals surface area contributed by atoms with Crippen LogP contribution in [0.1, 0.15) is 11.1 Å². The fourth-order valence-corrected chi connectivity index (χ4v) is 1.91. The fraction of sp³-hybridized carbons (Fsp3) is 0.462. The third-order valence-corrected chi connectivity index (χ3v) is 3.01. The van der Waals surface area contributed by atoms with Crippen molar-refractivity contribution in [2.24, 2.45) is 10.7 Å². The van der Waals surface area contributed by atoms with Gasteiger partial charge < -0.3 is 15.4 Å². The standard InChI is InChI=1S/C13H16F3N3O/c14-13(15,16)11-3-1-2-10(8-11)9-18-12(17)19-4-6-20-7-5-19/h1-3,8H,4-7,9H2,(H2,17,18). The Kier molecular flexibility index (Phi) is 4.49. The number of ether oxygens (including phenoxy) is 1. The number of guanidine groups is 1. The van der Waals surface area contributed by atoms with Crippen LogP contribution in [0, 0.1) is 0 Å². The normalized spacial score (nSPS) is 17.4. The number of morpholine rings is 1. The molecule has 0 spiro atoms. The lowest BCUT2D eigenvalue weighted by molar-refractivity contribution is -0.137. The Balaban J connectivity index is 2.02. The Morgan fingerprint density at radius 3 is 2.65 bits per heavy atom. The fourth-order valence-electron chi connectivity index (χ4n) is 1.91. The van der Waals surface area contributed by atoms with Gasteiger partial charge in [0.2, 0.25) is 0 Å². The van der Waals surface area contributed by atoms with E-state index >= 15 is 0 Å². The highest BCUT2D eigenvalue weighted by Gasteiger charge is 2.30. The van der Waals surface area contributed by atoms with Gasteiger partial charge in [-0.15, -0.1) is 0 Å². The third kappa shape index (κ3) is 3.86. The van der Waals surface area contributed by atoms with Gasteiger partial charge in [-0.1, -0.05) is 12.1 Å². The van der Waals surface area contributed by atoms with Crippen LogP contribution < -0.4 is 5.73 Å². The minimum Gasteiger partial charge on any atom is -0.378 e. The zero-order valence-electron chi connectivity index (χ0n) is 10.9. The van der Waals surface area contributed by atoms with Crippen LogP contribution in [0.15, 0.2) is 29.3 Å². The molecule has 1 aromatic carbocycles. The number of rotatable bonds is 2. The number of nitrogens with zero attached hydrogens (tertiary/aromatic N) is 2. The van der Waals surface area contributed by atoms with Gasteiger partial charge in [0.1, 0.15) is 0 Å². The van der Waals surface area contributed by atoms with Crippen molar-refractivity contribution in [3.63, 3.8) is 0 Å². The average molecular weight is 287 g/mol. The zero-order valence-corrected chi connectivity index (χ0v) is 10.9. The average Bonchev–Trinajstić information content (AvgIpc) is 2.45. The minimum absolute atomic E-state index is 0.132. The van der Waals surface area contributed by atoms with Gasteiger partial charge in [-0.2, -0.15) is 13.2 Å². The minimum atomic E-state index is -4.34. The van der Waals surface area contributed by atoms with Crippen molar-refractivity contribution in [2.45, 2.75) is 12.7 Å².